The zero-order valence-corrected chi connectivity index (χ0v) is 9.61. The van der Waals surface area contributed by atoms with Gasteiger partial charge in [-0.2, -0.15) is 0 Å². The SMILES string of the molecule is CCN(C(=O)c1ccc(O)cc1F)C1CNC1. The number of halogens is 1. The summed E-state index contributed by atoms with van der Waals surface area (Å²) in [4.78, 5) is 13.8. The van der Waals surface area contributed by atoms with E-state index in [1.54, 1.807) is 4.90 Å². The molecular weight excluding hydrogens is 223 g/mol. The molecule has 0 bridgehead atoms. The van der Waals surface area contributed by atoms with Gasteiger partial charge in [-0.25, -0.2) is 4.39 Å². The third-order valence-corrected chi connectivity index (χ3v) is 2.99. The maximum atomic E-state index is 13.6. The number of phenolic OH excluding ortho intramolecular Hbond substituents is 1. The summed E-state index contributed by atoms with van der Waals surface area (Å²) in [6.07, 6.45) is 0. The average Bonchev–Trinajstić information content (AvgIpc) is 2.22. The Morgan fingerprint density at radius 2 is 2.29 bits per heavy atom. The Bertz CT molecular complexity index is 433. The number of nitrogens with zero attached hydrogens (tertiary/aromatic N) is 1. The normalized spacial score (nSPS) is 15.4. The van der Waals surface area contributed by atoms with Crippen LogP contribution in [0.4, 0.5) is 4.39 Å². The number of aromatic hydroxyl groups is 1. The summed E-state index contributed by atoms with van der Waals surface area (Å²) in [7, 11) is 0. The summed E-state index contributed by atoms with van der Waals surface area (Å²) in [5.74, 6) is -1.18. The molecular formula is C12H15FN2O2. The fourth-order valence-corrected chi connectivity index (χ4v) is 1.89. The van der Waals surface area contributed by atoms with Gasteiger partial charge in [0.1, 0.15) is 11.6 Å². The monoisotopic (exact) mass is 238 g/mol. The van der Waals surface area contributed by atoms with Crippen LogP contribution in [0, 0.1) is 5.82 Å². The molecule has 1 aliphatic rings. The van der Waals surface area contributed by atoms with E-state index in [0.717, 1.165) is 19.2 Å². The number of hydrogen-bond donors (Lipinski definition) is 2. The fourth-order valence-electron chi connectivity index (χ4n) is 1.89. The second kappa shape index (κ2) is 4.71. The quantitative estimate of drug-likeness (QED) is 0.825. The number of carbonyl (C=O) groups excluding carboxylic acids is 1. The molecule has 1 amide bonds. The number of benzene rings is 1. The molecule has 1 saturated heterocycles. The maximum Gasteiger partial charge on any atom is 0.257 e. The molecule has 92 valence electrons. The molecule has 1 aromatic rings. The topological polar surface area (TPSA) is 52.6 Å². The molecule has 0 atom stereocenters. The maximum absolute atomic E-state index is 13.6. The minimum Gasteiger partial charge on any atom is -0.508 e. The number of rotatable bonds is 3. The van der Waals surface area contributed by atoms with Crippen LogP contribution in [0.1, 0.15) is 17.3 Å². The predicted octanol–water partition coefficient (Wildman–Crippen LogP) is 0.965. The van der Waals surface area contributed by atoms with Gasteiger partial charge in [-0.05, 0) is 19.1 Å². The van der Waals surface area contributed by atoms with Gasteiger partial charge in [0.15, 0.2) is 0 Å². The lowest BCUT2D eigenvalue weighted by Crippen LogP contribution is -2.58. The number of carbonyl (C=O) groups is 1. The van der Waals surface area contributed by atoms with Crippen molar-refractivity contribution in [1.29, 1.82) is 0 Å². The van der Waals surface area contributed by atoms with E-state index >= 15 is 0 Å². The molecule has 2 rings (SSSR count). The van der Waals surface area contributed by atoms with E-state index < -0.39 is 5.82 Å². The van der Waals surface area contributed by atoms with E-state index in [0.29, 0.717) is 6.54 Å². The molecule has 4 nitrogen and oxygen atoms in total. The van der Waals surface area contributed by atoms with Crippen molar-refractivity contribution < 1.29 is 14.3 Å². The lowest BCUT2D eigenvalue weighted by Gasteiger charge is -2.37. The van der Waals surface area contributed by atoms with Crippen LogP contribution in [0.3, 0.4) is 0 Å². The molecule has 0 spiro atoms. The van der Waals surface area contributed by atoms with Gasteiger partial charge >= 0.3 is 0 Å². The van der Waals surface area contributed by atoms with E-state index in [2.05, 4.69) is 5.32 Å². The molecule has 2 N–H and O–H groups in total. The van der Waals surface area contributed by atoms with E-state index in [4.69, 9.17) is 5.11 Å². The summed E-state index contributed by atoms with van der Waals surface area (Å²) >= 11 is 0. The number of phenols is 1. The van der Waals surface area contributed by atoms with Crippen molar-refractivity contribution in [3.05, 3.63) is 29.6 Å². The second-order valence-electron chi connectivity index (χ2n) is 4.07. The van der Waals surface area contributed by atoms with Crippen molar-refractivity contribution in [3.63, 3.8) is 0 Å². The van der Waals surface area contributed by atoms with Crippen molar-refractivity contribution >= 4 is 5.91 Å². The molecule has 1 fully saturated rings. The third-order valence-electron chi connectivity index (χ3n) is 2.99. The van der Waals surface area contributed by atoms with E-state index in [9.17, 15) is 9.18 Å². The summed E-state index contributed by atoms with van der Waals surface area (Å²) < 4.78 is 13.6. The summed E-state index contributed by atoms with van der Waals surface area (Å²) in [5.41, 5.74) is 0.0107. The minimum absolute atomic E-state index is 0.0107. The van der Waals surface area contributed by atoms with Gasteiger partial charge in [-0.3, -0.25) is 4.79 Å². The first-order valence-corrected chi connectivity index (χ1v) is 5.63. The van der Waals surface area contributed by atoms with Crippen LogP contribution in [-0.4, -0.2) is 41.6 Å². The van der Waals surface area contributed by atoms with Crippen LogP contribution in [0.15, 0.2) is 18.2 Å². The van der Waals surface area contributed by atoms with Crippen molar-refractivity contribution in [2.24, 2.45) is 0 Å². The highest BCUT2D eigenvalue weighted by Gasteiger charge is 2.29. The van der Waals surface area contributed by atoms with Gasteiger partial charge in [-0.1, -0.05) is 0 Å². The molecule has 0 saturated carbocycles. The van der Waals surface area contributed by atoms with Gasteiger partial charge in [-0.15, -0.1) is 0 Å². The van der Waals surface area contributed by atoms with Gasteiger partial charge in [0.2, 0.25) is 0 Å². The lowest BCUT2D eigenvalue weighted by molar-refractivity contribution is 0.0625. The zero-order valence-electron chi connectivity index (χ0n) is 9.61. The first-order valence-electron chi connectivity index (χ1n) is 5.63. The number of nitrogens with one attached hydrogen (secondary N) is 1. The second-order valence-corrected chi connectivity index (χ2v) is 4.07. The highest BCUT2D eigenvalue weighted by molar-refractivity contribution is 5.95. The van der Waals surface area contributed by atoms with Crippen LogP contribution in [0.5, 0.6) is 5.75 Å². The number of likely N-dealkylation sites (N-methyl/N-ethyl adjacent to an activating group) is 1. The first-order chi connectivity index (χ1) is 8.13. The average molecular weight is 238 g/mol. The highest BCUT2D eigenvalue weighted by atomic mass is 19.1. The Hall–Kier alpha value is -1.62. The Balaban J connectivity index is 2.22. The molecule has 0 aliphatic carbocycles. The Morgan fingerprint density at radius 1 is 1.59 bits per heavy atom. The molecule has 5 heteroatoms. The van der Waals surface area contributed by atoms with E-state index in [1.807, 2.05) is 6.92 Å². The Labute approximate surface area is 99.0 Å². The molecule has 0 radical (unpaired) electrons. The Kier molecular flexibility index (Phi) is 3.28. The number of amides is 1. The van der Waals surface area contributed by atoms with Crippen LogP contribution >= 0.6 is 0 Å². The van der Waals surface area contributed by atoms with Gasteiger partial charge < -0.3 is 15.3 Å². The minimum atomic E-state index is -0.680. The van der Waals surface area contributed by atoms with Crippen LogP contribution in [0.2, 0.25) is 0 Å². The Morgan fingerprint density at radius 3 is 2.76 bits per heavy atom. The van der Waals surface area contributed by atoms with Crippen LogP contribution in [-0.2, 0) is 0 Å². The van der Waals surface area contributed by atoms with Crippen molar-refractivity contribution in [2.45, 2.75) is 13.0 Å². The molecule has 1 aliphatic heterocycles. The molecule has 17 heavy (non-hydrogen) atoms. The predicted molar refractivity (Wildman–Crippen MR) is 61.4 cm³/mol. The lowest BCUT2D eigenvalue weighted by atomic mass is 10.1. The van der Waals surface area contributed by atoms with Gasteiger partial charge in [0, 0.05) is 25.7 Å². The third kappa shape index (κ3) is 2.24. The van der Waals surface area contributed by atoms with Crippen molar-refractivity contribution in [3.8, 4) is 5.75 Å². The van der Waals surface area contributed by atoms with Crippen LogP contribution in [0.25, 0.3) is 0 Å². The smallest absolute Gasteiger partial charge is 0.257 e. The zero-order chi connectivity index (χ0) is 12.4. The van der Waals surface area contributed by atoms with Crippen LogP contribution < -0.4 is 5.32 Å². The summed E-state index contributed by atoms with van der Waals surface area (Å²) in [5, 5.41) is 12.2. The fraction of sp³-hybridized carbons (Fsp3) is 0.417. The molecule has 1 heterocycles. The van der Waals surface area contributed by atoms with Gasteiger partial charge in [0.05, 0.1) is 11.6 Å². The summed E-state index contributed by atoms with van der Waals surface area (Å²) in [6, 6.07) is 3.74. The summed E-state index contributed by atoms with van der Waals surface area (Å²) in [6.45, 7) is 3.92. The molecule has 0 unspecified atom stereocenters. The first kappa shape index (κ1) is 11.9. The standard InChI is InChI=1S/C12H15FN2O2/c1-2-15(8-6-14-7-8)12(17)10-4-3-9(16)5-11(10)13/h3-5,8,14,16H,2,6-7H2,1H3. The van der Waals surface area contributed by atoms with E-state index in [1.165, 1.54) is 12.1 Å². The largest absolute Gasteiger partial charge is 0.508 e. The number of hydrogen-bond acceptors (Lipinski definition) is 3. The van der Waals surface area contributed by atoms with Crippen molar-refractivity contribution in [2.75, 3.05) is 19.6 Å². The molecule has 0 aromatic heterocycles. The highest BCUT2D eigenvalue weighted by Crippen LogP contribution is 2.18. The van der Waals surface area contributed by atoms with Gasteiger partial charge in [0.25, 0.3) is 5.91 Å². The van der Waals surface area contributed by atoms with Crippen molar-refractivity contribution in [1.82, 2.24) is 10.2 Å². The van der Waals surface area contributed by atoms with E-state index in [-0.39, 0.29) is 23.3 Å². The molecule has 1 aromatic carbocycles.